The summed E-state index contributed by atoms with van der Waals surface area (Å²) in [5.74, 6) is -1.16. The Balaban J connectivity index is 1.56. The van der Waals surface area contributed by atoms with E-state index in [1.165, 1.54) is 18.2 Å². The molecule has 4 rings (SSSR count). The molecule has 0 aliphatic heterocycles. The molecular formula is C30H31Cl2F2N3O. The Morgan fingerprint density at radius 3 is 2.39 bits per heavy atom. The predicted molar refractivity (Wildman–Crippen MR) is 150 cm³/mol. The maximum atomic E-state index is 14.4. The van der Waals surface area contributed by atoms with Crippen LogP contribution in [0.4, 0.5) is 8.78 Å². The molecule has 0 aliphatic carbocycles. The number of aromatic nitrogens is 1. The fourth-order valence-electron chi connectivity index (χ4n) is 4.64. The number of benzene rings is 3. The minimum Gasteiger partial charge on any atom is -0.361 e. The molecule has 0 aliphatic rings. The van der Waals surface area contributed by atoms with Gasteiger partial charge in [0.2, 0.25) is 5.91 Å². The molecule has 38 heavy (non-hydrogen) atoms. The fraction of sp³-hybridized carbons (Fsp3) is 0.300. The van der Waals surface area contributed by atoms with E-state index in [2.05, 4.69) is 11.1 Å². The average molecular weight is 559 g/mol. The number of para-hydroxylation sites is 1. The van der Waals surface area contributed by atoms with Crippen molar-refractivity contribution in [3.63, 3.8) is 0 Å². The molecule has 1 N–H and O–H groups in total. The lowest BCUT2D eigenvalue weighted by molar-refractivity contribution is -0.133. The van der Waals surface area contributed by atoms with Crippen molar-refractivity contribution in [2.24, 2.45) is 5.92 Å². The zero-order valence-corrected chi connectivity index (χ0v) is 23.0. The molecule has 0 unspecified atom stereocenters. The number of fused-ring (bicyclic) bond motifs is 1. The first-order valence-corrected chi connectivity index (χ1v) is 13.4. The molecule has 0 saturated heterocycles. The van der Waals surface area contributed by atoms with Crippen LogP contribution >= 0.6 is 23.2 Å². The number of nitrogens with one attached hydrogen (secondary N) is 1. The summed E-state index contributed by atoms with van der Waals surface area (Å²) in [6.45, 7) is 5.38. The first-order valence-electron chi connectivity index (χ1n) is 12.6. The van der Waals surface area contributed by atoms with E-state index >= 15 is 0 Å². The normalized spacial score (nSPS) is 11.6. The lowest BCUT2D eigenvalue weighted by Crippen LogP contribution is -2.42. The van der Waals surface area contributed by atoms with Crippen LogP contribution in [0.3, 0.4) is 0 Å². The average Bonchev–Trinajstić information content (AvgIpc) is 3.29. The summed E-state index contributed by atoms with van der Waals surface area (Å²) in [5, 5.41) is 1.98. The first-order chi connectivity index (χ1) is 18.2. The number of hydrogen-bond donors (Lipinski definition) is 1. The minimum absolute atomic E-state index is 0.00544. The van der Waals surface area contributed by atoms with Gasteiger partial charge < -0.3 is 9.88 Å². The summed E-state index contributed by atoms with van der Waals surface area (Å²) in [7, 11) is 0. The third-order valence-electron chi connectivity index (χ3n) is 6.46. The van der Waals surface area contributed by atoms with E-state index in [1.807, 2.05) is 49.2 Å². The third kappa shape index (κ3) is 7.13. The molecule has 1 amide bonds. The third-order valence-corrected chi connectivity index (χ3v) is 7.20. The van der Waals surface area contributed by atoms with Crippen LogP contribution in [0.1, 0.15) is 30.5 Å². The van der Waals surface area contributed by atoms with Gasteiger partial charge in [-0.25, -0.2) is 8.78 Å². The van der Waals surface area contributed by atoms with E-state index in [-0.39, 0.29) is 30.5 Å². The highest BCUT2D eigenvalue weighted by atomic mass is 35.5. The highest BCUT2D eigenvalue weighted by Gasteiger charge is 2.22. The quantitative estimate of drug-likeness (QED) is 0.207. The van der Waals surface area contributed by atoms with Crippen LogP contribution in [0.5, 0.6) is 0 Å². The second-order valence-corrected chi connectivity index (χ2v) is 10.8. The number of halogens is 4. The van der Waals surface area contributed by atoms with Gasteiger partial charge in [0.25, 0.3) is 0 Å². The van der Waals surface area contributed by atoms with E-state index < -0.39 is 11.6 Å². The van der Waals surface area contributed by atoms with Gasteiger partial charge >= 0.3 is 0 Å². The topological polar surface area (TPSA) is 39.3 Å². The van der Waals surface area contributed by atoms with Gasteiger partial charge in [0.1, 0.15) is 11.6 Å². The summed E-state index contributed by atoms with van der Waals surface area (Å²) in [4.78, 5) is 20.6. The van der Waals surface area contributed by atoms with E-state index in [9.17, 15) is 13.6 Å². The largest absolute Gasteiger partial charge is 0.361 e. The van der Waals surface area contributed by atoms with Crippen molar-refractivity contribution < 1.29 is 13.6 Å². The Kier molecular flexibility index (Phi) is 9.42. The van der Waals surface area contributed by atoms with E-state index in [0.717, 1.165) is 22.0 Å². The SMILES string of the molecule is CC(C)CN(CC(=O)N(CCc1c[nH]c2ccccc12)Cc1ccc(Cl)c(Cl)c1)Cc1c(F)cccc1F. The highest BCUT2D eigenvalue weighted by Crippen LogP contribution is 2.24. The molecule has 4 nitrogen and oxygen atoms in total. The highest BCUT2D eigenvalue weighted by molar-refractivity contribution is 6.42. The van der Waals surface area contributed by atoms with Crippen LogP contribution in [-0.2, 0) is 24.3 Å². The summed E-state index contributed by atoms with van der Waals surface area (Å²) in [6, 6.07) is 17.2. The molecule has 0 bridgehead atoms. The van der Waals surface area contributed by atoms with Gasteiger partial charge in [-0.1, -0.05) is 67.4 Å². The Labute approximate surface area is 232 Å². The number of hydrogen-bond acceptors (Lipinski definition) is 2. The Morgan fingerprint density at radius 1 is 0.947 bits per heavy atom. The fourth-order valence-corrected chi connectivity index (χ4v) is 4.96. The van der Waals surface area contributed by atoms with Gasteiger partial charge in [-0.05, 0) is 53.8 Å². The standard InChI is InChI=1S/C30H31Cl2F2N3O/c1-20(2)16-36(18-24-27(33)7-5-8-28(24)34)19-30(38)37(17-21-10-11-25(31)26(32)14-21)13-12-22-15-35-29-9-4-3-6-23(22)29/h3-11,14-15,20,35H,12-13,16-19H2,1-2H3. The predicted octanol–water partition coefficient (Wildman–Crippen LogP) is 7.48. The molecule has 0 saturated carbocycles. The zero-order chi connectivity index (χ0) is 27.2. The van der Waals surface area contributed by atoms with Crippen LogP contribution < -0.4 is 0 Å². The number of aromatic amines is 1. The van der Waals surface area contributed by atoms with E-state index in [0.29, 0.717) is 36.1 Å². The smallest absolute Gasteiger partial charge is 0.237 e. The molecule has 0 atom stereocenters. The lowest BCUT2D eigenvalue weighted by atomic mass is 10.1. The van der Waals surface area contributed by atoms with Crippen molar-refractivity contribution in [1.29, 1.82) is 0 Å². The first kappa shape index (κ1) is 28.1. The number of carbonyl (C=O) groups excluding carboxylic acids is 1. The van der Waals surface area contributed by atoms with Gasteiger partial charge in [-0.2, -0.15) is 0 Å². The molecule has 200 valence electrons. The zero-order valence-electron chi connectivity index (χ0n) is 21.5. The lowest BCUT2D eigenvalue weighted by Gasteiger charge is -2.29. The summed E-state index contributed by atoms with van der Waals surface area (Å²) >= 11 is 12.3. The maximum absolute atomic E-state index is 14.4. The van der Waals surface area contributed by atoms with Gasteiger partial charge in [0, 0.05) is 48.8 Å². The van der Waals surface area contributed by atoms with Crippen molar-refractivity contribution >= 4 is 40.0 Å². The summed E-state index contributed by atoms with van der Waals surface area (Å²) < 4.78 is 28.8. The van der Waals surface area contributed by atoms with E-state index in [4.69, 9.17) is 23.2 Å². The molecular weight excluding hydrogens is 527 g/mol. The second kappa shape index (κ2) is 12.7. The van der Waals surface area contributed by atoms with Gasteiger partial charge in [0.15, 0.2) is 0 Å². The van der Waals surface area contributed by atoms with Gasteiger partial charge in [-0.15, -0.1) is 0 Å². The molecule has 0 spiro atoms. The maximum Gasteiger partial charge on any atom is 0.237 e. The summed E-state index contributed by atoms with van der Waals surface area (Å²) in [6.07, 6.45) is 2.61. The minimum atomic E-state index is -0.613. The van der Waals surface area contributed by atoms with Crippen molar-refractivity contribution in [2.75, 3.05) is 19.6 Å². The van der Waals surface area contributed by atoms with Crippen molar-refractivity contribution in [1.82, 2.24) is 14.8 Å². The molecule has 1 heterocycles. The van der Waals surface area contributed by atoms with Crippen molar-refractivity contribution in [3.8, 4) is 0 Å². The van der Waals surface area contributed by atoms with Crippen molar-refractivity contribution in [3.05, 3.63) is 105 Å². The van der Waals surface area contributed by atoms with Gasteiger partial charge in [0.05, 0.1) is 16.6 Å². The Hall–Kier alpha value is -2.93. The van der Waals surface area contributed by atoms with Crippen molar-refractivity contribution in [2.45, 2.75) is 33.4 Å². The van der Waals surface area contributed by atoms with Crippen LogP contribution in [0, 0.1) is 17.6 Å². The number of nitrogens with zero attached hydrogens (tertiary/aromatic N) is 2. The van der Waals surface area contributed by atoms with Gasteiger partial charge in [-0.3, -0.25) is 9.69 Å². The van der Waals surface area contributed by atoms with Crippen LogP contribution in [-0.4, -0.2) is 40.3 Å². The van der Waals surface area contributed by atoms with Crippen LogP contribution in [0.15, 0.2) is 66.9 Å². The Bertz CT molecular complexity index is 1390. The molecule has 8 heteroatoms. The molecule has 3 aromatic carbocycles. The summed E-state index contributed by atoms with van der Waals surface area (Å²) in [5.41, 5.74) is 2.97. The van der Waals surface area contributed by atoms with Crippen LogP contribution in [0.25, 0.3) is 10.9 Å². The monoisotopic (exact) mass is 557 g/mol. The molecule has 1 aromatic heterocycles. The van der Waals surface area contributed by atoms with Crippen LogP contribution in [0.2, 0.25) is 10.0 Å². The van der Waals surface area contributed by atoms with E-state index in [1.54, 1.807) is 17.0 Å². The molecule has 4 aromatic rings. The molecule has 0 radical (unpaired) electrons. The molecule has 0 fully saturated rings. The number of H-pyrrole nitrogens is 1. The number of rotatable bonds is 11. The Morgan fingerprint density at radius 2 is 1.68 bits per heavy atom. The number of carbonyl (C=O) groups is 1. The second-order valence-electron chi connectivity index (χ2n) is 9.94. The number of amides is 1.